The summed E-state index contributed by atoms with van der Waals surface area (Å²) in [5.74, 6) is 1.47. The molecule has 0 aliphatic rings. The molecule has 0 saturated heterocycles. The van der Waals surface area contributed by atoms with E-state index < -0.39 is 0 Å². The van der Waals surface area contributed by atoms with Crippen molar-refractivity contribution in [3.05, 3.63) is 12.2 Å². The quantitative estimate of drug-likeness (QED) is 0.434. The van der Waals surface area contributed by atoms with E-state index in [-0.39, 0.29) is 0 Å². The molecule has 0 aromatic heterocycles. The van der Waals surface area contributed by atoms with Gasteiger partial charge >= 0.3 is 0 Å². The second-order valence-corrected chi connectivity index (χ2v) is 3.09. The molecule has 10 heavy (non-hydrogen) atoms. The van der Waals surface area contributed by atoms with Crippen molar-refractivity contribution < 1.29 is 0 Å². The van der Waals surface area contributed by atoms with E-state index in [2.05, 4.69) is 6.58 Å². The fraction of sp³-hybridized carbons (Fsp3) is 0.750. The summed E-state index contributed by atoms with van der Waals surface area (Å²) in [7, 11) is 0. The van der Waals surface area contributed by atoms with Gasteiger partial charge in [0.15, 0.2) is 0 Å². The van der Waals surface area contributed by atoms with Crippen LogP contribution in [0.1, 0.15) is 25.7 Å². The van der Waals surface area contributed by atoms with Crippen LogP contribution in [-0.4, -0.2) is 11.8 Å². The Labute approximate surface area is 73.2 Å². The summed E-state index contributed by atoms with van der Waals surface area (Å²) in [4.78, 5) is 0. The van der Waals surface area contributed by atoms with Gasteiger partial charge in [0.25, 0.3) is 0 Å². The second-order valence-electron chi connectivity index (χ2n) is 2.34. The van der Waals surface area contributed by atoms with E-state index in [0.717, 1.165) is 37.4 Å². The number of alkyl halides is 2. The number of hydrogen-bond donors (Lipinski definition) is 0. The van der Waals surface area contributed by atoms with Gasteiger partial charge in [-0.25, -0.2) is 0 Å². The van der Waals surface area contributed by atoms with Crippen molar-refractivity contribution in [3.63, 3.8) is 0 Å². The Hall–Kier alpha value is 0.320. The van der Waals surface area contributed by atoms with E-state index in [1.807, 2.05) is 0 Å². The predicted octanol–water partition coefficient (Wildman–Crippen LogP) is 3.58. The highest BCUT2D eigenvalue weighted by molar-refractivity contribution is 6.18. The molecule has 0 fully saturated rings. The Balaban J connectivity index is 3.09. The first-order chi connectivity index (χ1) is 4.81. The van der Waals surface area contributed by atoms with E-state index >= 15 is 0 Å². The first kappa shape index (κ1) is 10.3. The van der Waals surface area contributed by atoms with Crippen LogP contribution in [0, 0.1) is 0 Å². The summed E-state index contributed by atoms with van der Waals surface area (Å²) < 4.78 is 0. The van der Waals surface area contributed by atoms with Crippen LogP contribution in [0.3, 0.4) is 0 Å². The van der Waals surface area contributed by atoms with E-state index in [0.29, 0.717) is 0 Å². The Morgan fingerprint density at radius 3 is 1.70 bits per heavy atom. The maximum absolute atomic E-state index is 5.51. The first-order valence-corrected chi connectivity index (χ1v) is 4.66. The molecule has 0 aliphatic heterocycles. The lowest BCUT2D eigenvalue weighted by molar-refractivity contribution is 0.813. The monoisotopic (exact) mass is 180 g/mol. The topological polar surface area (TPSA) is 0 Å². The normalized spacial score (nSPS) is 9.80. The molecule has 2 heteroatoms. The molecule has 0 aromatic rings. The molecule has 0 aromatic carbocycles. The fourth-order valence-corrected chi connectivity index (χ4v) is 1.03. The molecule has 0 nitrogen and oxygen atoms in total. The zero-order chi connectivity index (χ0) is 7.82. The molecule has 0 aliphatic carbocycles. The molecule has 0 bridgehead atoms. The lowest BCUT2D eigenvalue weighted by atomic mass is 10.1. The Kier molecular flexibility index (Phi) is 7.66. The standard InChI is InChI=1S/C8H14Cl2/c1-8(4-2-6-9)5-3-7-10/h1-7H2. The molecule has 0 N–H and O–H groups in total. The van der Waals surface area contributed by atoms with E-state index in [1.165, 1.54) is 5.57 Å². The van der Waals surface area contributed by atoms with Gasteiger partial charge in [0.05, 0.1) is 0 Å². The third kappa shape index (κ3) is 6.44. The molecule has 0 saturated carbocycles. The van der Waals surface area contributed by atoms with Gasteiger partial charge in [0.1, 0.15) is 0 Å². The van der Waals surface area contributed by atoms with Gasteiger partial charge in [-0.2, -0.15) is 0 Å². The van der Waals surface area contributed by atoms with Crippen molar-refractivity contribution in [3.8, 4) is 0 Å². The van der Waals surface area contributed by atoms with Gasteiger partial charge in [0, 0.05) is 11.8 Å². The number of hydrogen-bond acceptors (Lipinski definition) is 0. The number of halogens is 2. The molecule has 0 radical (unpaired) electrons. The SMILES string of the molecule is C=C(CCCCl)CCCCl. The van der Waals surface area contributed by atoms with Crippen molar-refractivity contribution in [2.45, 2.75) is 25.7 Å². The third-order valence-corrected chi connectivity index (χ3v) is 1.86. The van der Waals surface area contributed by atoms with E-state index in [9.17, 15) is 0 Å². The highest BCUT2D eigenvalue weighted by atomic mass is 35.5. The summed E-state index contributed by atoms with van der Waals surface area (Å²) >= 11 is 11.0. The first-order valence-electron chi connectivity index (χ1n) is 3.60. The lowest BCUT2D eigenvalue weighted by Gasteiger charge is -2.00. The van der Waals surface area contributed by atoms with Crippen LogP contribution in [0.15, 0.2) is 12.2 Å². The van der Waals surface area contributed by atoms with Crippen molar-refractivity contribution in [2.75, 3.05) is 11.8 Å². The molecular weight excluding hydrogens is 167 g/mol. The molecular formula is C8H14Cl2. The molecule has 60 valence electrons. The Morgan fingerprint density at radius 2 is 1.40 bits per heavy atom. The summed E-state index contributed by atoms with van der Waals surface area (Å²) in [6, 6.07) is 0. The average Bonchev–Trinajstić information content (AvgIpc) is 1.97. The van der Waals surface area contributed by atoms with Gasteiger partial charge in [-0.15, -0.1) is 23.2 Å². The highest BCUT2D eigenvalue weighted by Gasteiger charge is 1.92. The summed E-state index contributed by atoms with van der Waals surface area (Å²) in [5.41, 5.74) is 1.28. The van der Waals surface area contributed by atoms with Gasteiger partial charge in [-0.05, 0) is 25.7 Å². The minimum absolute atomic E-state index is 0.736. The van der Waals surface area contributed by atoms with Crippen LogP contribution in [-0.2, 0) is 0 Å². The van der Waals surface area contributed by atoms with Crippen molar-refractivity contribution in [1.29, 1.82) is 0 Å². The van der Waals surface area contributed by atoms with Crippen molar-refractivity contribution in [1.82, 2.24) is 0 Å². The van der Waals surface area contributed by atoms with Crippen LogP contribution in [0.5, 0.6) is 0 Å². The number of allylic oxidation sites excluding steroid dienone is 1. The average molecular weight is 181 g/mol. The maximum atomic E-state index is 5.51. The van der Waals surface area contributed by atoms with Crippen LogP contribution < -0.4 is 0 Å². The fourth-order valence-electron chi connectivity index (χ4n) is 0.759. The van der Waals surface area contributed by atoms with Gasteiger partial charge < -0.3 is 0 Å². The second kappa shape index (κ2) is 7.43. The molecule has 0 rings (SSSR count). The van der Waals surface area contributed by atoms with Gasteiger partial charge in [-0.3, -0.25) is 0 Å². The summed E-state index contributed by atoms with van der Waals surface area (Å²) in [5, 5.41) is 0. The van der Waals surface area contributed by atoms with Crippen LogP contribution in [0.2, 0.25) is 0 Å². The molecule has 0 heterocycles. The zero-order valence-corrected chi connectivity index (χ0v) is 7.72. The van der Waals surface area contributed by atoms with Gasteiger partial charge in [-0.1, -0.05) is 12.2 Å². The third-order valence-electron chi connectivity index (χ3n) is 1.33. The smallest absolute Gasteiger partial charge is 0.0226 e. The Bertz CT molecular complexity index is 79.3. The lowest BCUT2D eigenvalue weighted by Crippen LogP contribution is -1.84. The van der Waals surface area contributed by atoms with Crippen molar-refractivity contribution in [2.24, 2.45) is 0 Å². The Morgan fingerprint density at radius 1 is 1.00 bits per heavy atom. The van der Waals surface area contributed by atoms with Crippen LogP contribution in [0.4, 0.5) is 0 Å². The minimum atomic E-state index is 0.736. The molecule has 0 amide bonds. The van der Waals surface area contributed by atoms with Gasteiger partial charge in [0.2, 0.25) is 0 Å². The van der Waals surface area contributed by atoms with E-state index in [1.54, 1.807) is 0 Å². The van der Waals surface area contributed by atoms with Crippen LogP contribution >= 0.6 is 23.2 Å². The molecule has 0 unspecified atom stereocenters. The highest BCUT2D eigenvalue weighted by Crippen LogP contribution is 2.10. The maximum Gasteiger partial charge on any atom is 0.0226 e. The van der Waals surface area contributed by atoms with Crippen molar-refractivity contribution >= 4 is 23.2 Å². The largest absolute Gasteiger partial charge is 0.127 e. The summed E-state index contributed by atoms with van der Waals surface area (Å²) in [6.07, 6.45) is 4.20. The zero-order valence-electron chi connectivity index (χ0n) is 6.21. The number of rotatable bonds is 6. The summed E-state index contributed by atoms with van der Waals surface area (Å²) in [6.45, 7) is 3.91. The van der Waals surface area contributed by atoms with Crippen LogP contribution in [0.25, 0.3) is 0 Å². The van der Waals surface area contributed by atoms with E-state index in [4.69, 9.17) is 23.2 Å². The molecule has 0 spiro atoms. The minimum Gasteiger partial charge on any atom is -0.127 e. The molecule has 0 atom stereocenters. The predicted molar refractivity (Wildman–Crippen MR) is 49.0 cm³/mol.